The third kappa shape index (κ3) is 6.96. The van der Waals surface area contributed by atoms with Crippen molar-refractivity contribution in [1.29, 1.82) is 5.26 Å². The zero-order valence-electron chi connectivity index (χ0n) is 16.8. The monoisotopic (exact) mass is 380 g/mol. The minimum absolute atomic E-state index is 0.109. The minimum Gasteiger partial charge on any atom is -0.490 e. The van der Waals surface area contributed by atoms with Crippen molar-refractivity contribution in [2.24, 2.45) is 0 Å². The van der Waals surface area contributed by atoms with E-state index in [-0.39, 0.29) is 12.3 Å². The van der Waals surface area contributed by atoms with Gasteiger partial charge in [-0.1, -0.05) is 38.1 Å². The molecule has 0 bridgehead atoms. The van der Waals surface area contributed by atoms with Crippen molar-refractivity contribution in [2.75, 3.05) is 19.8 Å². The summed E-state index contributed by atoms with van der Waals surface area (Å²) in [5.41, 5.74) is 3.44. The first kappa shape index (κ1) is 21.3. The van der Waals surface area contributed by atoms with Crippen molar-refractivity contribution in [3.05, 3.63) is 59.2 Å². The molecule has 2 aromatic rings. The average Bonchev–Trinajstić information content (AvgIpc) is 2.66. The number of hydrogen-bond acceptors (Lipinski definition) is 4. The number of hydrogen-bond donors (Lipinski definition) is 1. The molecular formula is C23H28N2O3. The molecule has 5 nitrogen and oxygen atoms in total. The molecule has 0 spiro atoms. The van der Waals surface area contributed by atoms with Gasteiger partial charge < -0.3 is 14.8 Å². The summed E-state index contributed by atoms with van der Waals surface area (Å²) in [4.78, 5) is 11.3. The molecule has 0 heterocycles. The second kappa shape index (κ2) is 11.0. The molecule has 0 radical (unpaired) electrons. The normalized spacial score (nSPS) is 10.4. The highest BCUT2D eigenvalue weighted by atomic mass is 16.5. The topological polar surface area (TPSA) is 71.3 Å². The number of benzene rings is 2. The fraction of sp³-hybridized carbons (Fsp3) is 0.391. The van der Waals surface area contributed by atoms with Crippen LogP contribution in [0.4, 0.5) is 0 Å². The molecule has 1 amide bonds. The number of amides is 1. The largest absolute Gasteiger partial charge is 0.490 e. The van der Waals surface area contributed by atoms with E-state index in [9.17, 15) is 4.79 Å². The molecule has 5 heteroatoms. The Morgan fingerprint density at radius 3 is 2.68 bits per heavy atom. The Hall–Kier alpha value is -3.00. The average molecular weight is 380 g/mol. The first-order valence-corrected chi connectivity index (χ1v) is 9.58. The van der Waals surface area contributed by atoms with Crippen molar-refractivity contribution in [3.8, 4) is 17.6 Å². The smallest absolute Gasteiger partial charge is 0.234 e. The number of nitrogens with one attached hydrogen (secondary N) is 1. The predicted molar refractivity (Wildman–Crippen MR) is 110 cm³/mol. The van der Waals surface area contributed by atoms with Crippen LogP contribution in [0.15, 0.2) is 42.5 Å². The van der Waals surface area contributed by atoms with Crippen LogP contribution in [0.25, 0.3) is 0 Å². The summed E-state index contributed by atoms with van der Waals surface area (Å²) in [6.45, 7) is 7.79. The van der Waals surface area contributed by atoms with Gasteiger partial charge in [0, 0.05) is 6.54 Å². The Kier molecular flexibility index (Phi) is 8.36. The Labute approximate surface area is 167 Å². The first-order chi connectivity index (χ1) is 13.5. The van der Waals surface area contributed by atoms with E-state index in [1.165, 1.54) is 11.1 Å². The molecule has 0 unspecified atom stereocenters. The van der Waals surface area contributed by atoms with Crippen LogP contribution in [0.1, 0.15) is 42.9 Å². The molecule has 2 rings (SSSR count). The van der Waals surface area contributed by atoms with Crippen molar-refractivity contribution in [2.45, 2.75) is 39.5 Å². The molecule has 0 saturated carbocycles. The molecule has 28 heavy (non-hydrogen) atoms. The van der Waals surface area contributed by atoms with Gasteiger partial charge in [-0.15, -0.1) is 0 Å². The molecule has 0 fully saturated rings. The molecule has 0 saturated heterocycles. The summed E-state index contributed by atoms with van der Waals surface area (Å²) in [5, 5.41) is 11.2. The van der Waals surface area contributed by atoms with Gasteiger partial charge in [-0.2, -0.15) is 5.26 Å². The molecule has 2 aromatic carbocycles. The number of carbonyl (C=O) groups is 1. The van der Waals surface area contributed by atoms with E-state index >= 15 is 0 Å². The fourth-order valence-electron chi connectivity index (χ4n) is 2.83. The van der Waals surface area contributed by atoms with Crippen molar-refractivity contribution in [3.63, 3.8) is 0 Å². The summed E-state index contributed by atoms with van der Waals surface area (Å²) in [6, 6.07) is 15.9. The summed E-state index contributed by atoms with van der Waals surface area (Å²) in [5.74, 6) is 1.85. The second-order valence-corrected chi connectivity index (χ2v) is 6.98. The SMILES string of the molecule is Cc1ccc(C(C)C)c(OCCOc2cccc(CCNC(=O)CC#N)c2)c1. The summed E-state index contributed by atoms with van der Waals surface area (Å²) < 4.78 is 11.8. The summed E-state index contributed by atoms with van der Waals surface area (Å²) in [6.07, 6.45) is 0.578. The van der Waals surface area contributed by atoms with Gasteiger partial charge in [0.25, 0.3) is 0 Å². The third-order valence-corrected chi connectivity index (χ3v) is 4.27. The van der Waals surface area contributed by atoms with Gasteiger partial charge in [-0.3, -0.25) is 4.79 Å². The molecule has 0 aliphatic carbocycles. The molecule has 0 atom stereocenters. The van der Waals surface area contributed by atoms with Crippen LogP contribution in [-0.2, 0) is 11.2 Å². The van der Waals surface area contributed by atoms with Gasteiger partial charge in [0.05, 0.1) is 6.07 Å². The van der Waals surface area contributed by atoms with Crippen LogP contribution < -0.4 is 14.8 Å². The van der Waals surface area contributed by atoms with E-state index in [0.717, 1.165) is 17.1 Å². The van der Waals surface area contributed by atoms with Crippen molar-refractivity contribution < 1.29 is 14.3 Å². The lowest BCUT2D eigenvalue weighted by Crippen LogP contribution is -2.24. The van der Waals surface area contributed by atoms with Gasteiger partial charge in [0.15, 0.2) is 0 Å². The molecule has 0 aliphatic heterocycles. The lowest BCUT2D eigenvalue weighted by Gasteiger charge is -2.15. The molecule has 0 aromatic heterocycles. The Morgan fingerprint density at radius 1 is 1.14 bits per heavy atom. The lowest BCUT2D eigenvalue weighted by atomic mass is 10.0. The number of nitrogens with zero attached hydrogens (tertiary/aromatic N) is 1. The highest BCUT2D eigenvalue weighted by molar-refractivity contribution is 5.77. The number of ether oxygens (including phenoxy) is 2. The summed E-state index contributed by atoms with van der Waals surface area (Å²) in [7, 11) is 0. The Balaban J connectivity index is 1.80. The zero-order valence-corrected chi connectivity index (χ0v) is 16.8. The fourth-order valence-corrected chi connectivity index (χ4v) is 2.83. The Morgan fingerprint density at radius 2 is 1.93 bits per heavy atom. The van der Waals surface area contributed by atoms with Crippen LogP contribution in [0, 0.1) is 18.3 Å². The van der Waals surface area contributed by atoms with Crippen LogP contribution in [0.3, 0.4) is 0 Å². The molecule has 0 aliphatic rings. The van der Waals surface area contributed by atoms with E-state index in [4.69, 9.17) is 14.7 Å². The van der Waals surface area contributed by atoms with Crippen LogP contribution in [0.5, 0.6) is 11.5 Å². The van der Waals surface area contributed by atoms with Crippen LogP contribution in [-0.4, -0.2) is 25.7 Å². The standard InChI is InChI=1S/C23H28N2O3/c1-17(2)21-8-7-18(3)15-22(21)28-14-13-27-20-6-4-5-19(16-20)10-12-25-23(26)9-11-24/h4-8,15-17H,9-10,12-14H2,1-3H3,(H,25,26). The maximum Gasteiger partial charge on any atom is 0.234 e. The van der Waals surface area contributed by atoms with Gasteiger partial charge in [0.2, 0.25) is 5.91 Å². The van der Waals surface area contributed by atoms with Gasteiger partial charge in [-0.25, -0.2) is 0 Å². The number of aryl methyl sites for hydroxylation is 1. The van der Waals surface area contributed by atoms with Gasteiger partial charge in [0.1, 0.15) is 31.1 Å². The molecule has 1 N–H and O–H groups in total. The molecule has 148 valence electrons. The summed E-state index contributed by atoms with van der Waals surface area (Å²) >= 11 is 0. The lowest BCUT2D eigenvalue weighted by molar-refractivity contribution is -0.120. The van der Waals surface area contributed by atoms with Crippen molar-refractivity contribution in [1.82, 2.24) is 5.32 Å². The number of rotatable bonds is 10. The van der Waals surface area contributed by atoms with Gasteiger partial charge in [-0.05, 0) is 54.2 Å². The van der Waals surface area contributed by atoms with Crippen LogP contribution in [0.2, 0.25) is 0 Å². The number of carbonyl (C=O) groups excluding carboxylic acids is 1. The van der Waals surface area contributed by atoms with Crippen molar-refractivity contribution >= 4 is 5.91 Å². The van der Waals surface area contributed by atoms with E-state index < -0.39 is 0 Å². The van der Waals surface area contributed by atoms with Gasteiger partial charge >= 0.3 is 0 Å². The molecular weight excluding hydrogens is 352 g/mol. The number of nitriles is 1. The maximum atomic E-state index is 11.3. The van der Waals surface area contributed by atoms with E-state index in [1.54, 1.807) is 0 Å². The zero-order chi connectivity index (χ0) is 20.4. The maximum absolute atomic E-state index is 11.3. The first-order valence-electron chi connectivity index (χ1n) is 9.58. The van der Waals surface area contributed by atoms with Crippen LogP contribution >= 0.6 is 0 Å². The highest BCUT2D eigenvalue weighted by Crippen LogP contribution is 2.27. The second-order valence-electron chi connectivity index (χ2n) is 6.98. The third-order valence-electron chi connectivity index (χ3n) is 4.27. The Bertz CT molecular complexity index is 825. The van der Waals surface area contributed by atoms with E-state index in [1.807, 2.05) is 30.3 Å². The quantitative estimate of drug-likeness (QED) is 0.629. The highest BCUT2D eigenvalue weighted by Gasteiger charge is 2.08. The van der Waals surface area contributed by atoms with E-state index in [2.05, 4.69) is 44.3 Å². The van der Waals surface area contributed by atoms with E-state index in [0.29, 0.717) is 32.1 Å². The predicted octanol–water partition coefficient (Wildman–Crippen LogP) is 4.15. The minimum atomic E-state index is -0.246.